The molecule has 1 fully saturated rings. The molecule has 152 valence electrons. The van der Waals surface area contributed by atoms with Gasteiger partial charge >= 0.3 is 5.97 Å². The highest BCUT2D eigenvalue weighted by atomic mass is 19.1. The summed E-state index contributed by atoms with van der Waals surface area (Å²) >= 11 is 0. The van der Waals surface area contributed by atoms with Crippen molar-refractivity contribution in [3.63, 3.8) is 0 Å². The lowest BCUT2D eigenvalue weighted by Gasteiger charge is -2.39. The highest BCUT2D eigenvalue weighted by Crippen LogP contribution is 2.43. The average molecular weight is 393 g/mol. The zero-order valence-electron chi connectivity index (χ0n) is 16.1. The molecule has 28 heavy (non-hydrogen) atoms. The van der Waals surface area contributed by atoms with E-state index in [-0.39, 0.29) is 23.0 Å². The van der Waals surface area contributed by atoms with Gasteiger partial charge in [0, 0.05) is 32.4 Å². The number of carboxylic acids is 1. The van der Waals surface area contributed by atoms with Gasteiger partial charge in [-0.2, -0.15) is 0 Å². The number of piperazine rings is 1. The maximum absolute atomic E-state index is 15.1. The van der Waals surface area contributed by atoms with E-state index in [1.54, 1.807) is 4.57 Å². The van der Waals surface area contributed by atoms with Crippen molar-refractivity contribution in [2.75, 3.05) is 44.7 Å². The molecule has 2 aliphatic rings. The van der Waals surface area contributed by atoms with Gasteiger partial charge in [-0.05, 0) is 27.0 Å². The van der Waals surface area contributed by atoms with E-state index >= 15 is 4.39 Å². The van der Waals surface area contributed by atoms with Gasteiger partial charge in [0.15, 0.2) is 11.6 Å². The molecular formula is C19H24FN3O5. The van der Waals surface area contributed by atoms with E-state index in [1.807, 2.05) is 25.8 Å². The van der Waals surface area contributed by atoms with Gasteiger partial charge in [0.25, 0.3) is 0 Å². The molecular weight excluding hydrogens is 369 g/mol. The van der Waals surface area contributed by atoms with Crippen LogP contribution in [0.15, 0.2) is 17.1 Å². The number of hydrogen-bond acceptors (Lipinski definition) is 5. The number of nitrogens with zero attached hydrogens (tertiary/aromatic N) is 3. The highest BCUT2D eigenvalue weighted by Gasteiger charge is 2.35. The van der Waals surface area contributed by atoms with Crippen molar-refractivity contribution in [1.29, 1.82) is 0 Å². The molecule has 0 saturated carbocycles. The number of carboxylic acid groups (broad SMARTS) is 1. The quantitative estimate of drug-likeness (QED) is 0.812. The van der Waals surface area contributed by atoms with Gasteiger partial charge in [0.1, 0.15) is 17.9 Å². The van der Waals surface area contributed by atoms with Crippen molar-refractivity contribution in [2.24, 2.45) is 0 Å². The van der Waals surface area contributed by atoms with E-state index in [0.717, 1.165) is 19.2 Å². The van der Waals surface area contributed by atoms with Gasteiger partial charge in [0.2, 0.25) is 5.43 Å². The number of halogens is 1. The number of pyridine rings is 1. The summed E-state index contributed by atoms with van der Waals surface area (Å²) in [6.07, 6.45) is 1.35. The fourth-order valence-electron chi connectivity index (χ4n) is 3.83. The second kappa shape index (κ2) is 6.75. The summed E-state index contributed by atoms with van der Waals surface area (Å²) in [5.74, 6) is -1.56. The van der Waals surface area contributed by atoms with Crippen LogP contribution in [0.5, 0.6) is 5.75 Å². The summed E-state index contributed by atoms with van der Waals surface area (Å²) in [4.78, 5) is 28.3. The zero-order chi connectivity index (χ0) is 19.5. The first-order valence-electron chi connectivity index (χ1n) is 8.92. The smallest absolute Gasteiger partial charge is 0.341 e. The Morgan fingerprint density at radius 1 is 1.25 bits per heavy atom. The van der Waals surface area contributed by atoms with Crippen molar-refractivity contribution < 1.29 is 24.5 Å². The molecule has 0 unspecified atom stereocenters. The fraction of sp³-hybridized carbons (Fsp3) is 0.474. The largest absolute Gasteiger partial charge is 0.487 e. The summed E-state index contributed by atoms with van der Waals surface area (Å²) in [5, 5.41) is 9.44. The molecule has 0 bridgehead atoms. The Hall–Kier alpha value is -2.65. The predicted octanol–water partition coefficient (Wildman–Crippen LogP) is 0.893. The summed E-state index contributed by atoms with van der Waals surface area (Å²) in [6.45, 7) is 6.93. The third kappa shape index (κ3) is 2.91. The third-order valence-electron chi connectivity index (χ3n) is 5.44. The SMILES string of the molecule is CN1CCN(c2c(F)cc3c(=O)c(C(=O)O)cn4c3c2OCC4(C)C)CC1.O. The Balaban J connectivity index is 0.00000225. The van der Waals surface area contributed by atoms with Crippen molar-refractivity contribution in [2.45, 2.75) is 19.4 Å². The molecule has 0 spiro atoms. The second-order valence-corrected chi connectivity index (χ2v) is 7.87. The number of carbonyl (C=O) groups is 1. The van der Waals surface area contributed by atoms with Crippen molar-refractivity contribution >= 4 is 22.6 Å². The third-order valence-corrected chi connectivity index (χ3v) is 5.44. The van der Waals surface area contributed by atoms with Gasteiger partial charge in [-0.1, -0.05) is 0 Å². The minimum Gasteiger partial charge on any atom is -0.487 e. The number of rotatable bonds is 2. The minimum absolute atomic E-state index is 0. The van der Waals surface area contributed by atoms with Crippen LogP contribution in [0.4, 0.5) is 10.1 Å². The topological polar surface area (TPSA) is 107 Å². The van der Waals surface area contributed by atoms with E-state index in [0.29, 0.717) is 30.0 Å². The molecule has 1 aromatic carbocycles. The van der Waals surface area contributed by atoms with Crippen LogP contribution in [-0.4, -0.2) is 65.9 Å². The summed E-state index contributed by atoms with van der Waals surface area (Å²) < 4.78 is 22.8. The summed E-state index contributed by atoms with van der Waals surface area (Å²) in [5.41, 5.74) is -0.824. The standard InChI is InChI=1S/C19H22FN3O4.H2O/c1-19(2)10-27-17-14-11(16(24)12(18(25)26)9-23(14)19)8-13(20)15(17)22-6-4-21(3)5-7-22;/h8-9H,4-7,10H2,1-3H3,(H,25,26);1H2. The first kappa shape index (κ1) is 20.1. The molecule has 3 N–H and O–H groups in total. The number of benzene rings is 1. The average Bonchev–Trinajstić information content (AvgIpc) is 2.60. The molecule has 0 aliphatic carbocycles. The van der Waals surface area contributed by atoms with E-state index in [4.69, 9.17) is 4.74 Å². The predicted molar refractivity (Wildman–Crippen MR) is 103 cm³/mol. The van der Waals surface area contributed by atoms with Crippen molar-refractivity contribution in [3.8, 4) is 5.75 Å². The van der Waals surface area contributed by atoms with Crippen molar-refractivity contribution in [1.82, 2.24) is 9.47 Å². The van der Waals surface area contributed by atoms with Crippen LogP contribution in [0.25, 0.3) is 10.9 Å². The normalized spacial score (nSPS) is 18.5. The lowest BCUT2D eigenvalue weighted by molar-refractivity contribution is 0.0693. The number of aromatic carboxylic acids is 1. The molecule has 0 amide bonds. The molecule has 1 aromatic heterocycles. The minimum atomic E-state index is -1.32. The molecule has 0 radical (unpaired) electrons. The second-order valence-electron chi connectivity index (χ2n) is 7.87. The molecule has 4 rings (SSSR count). The van der Waals surface area contributed by atoms with Gasteiger partial charge in [-0.25, -0.2) is 9.18 Å². The van der Waals surface area contributed by atoms with Crippen LogP contribution in [0, 0.1) is 5.82 Å². The Labute approximate surface area is 161 Å². The van der Waals surface area contributed by atoms with E-state index in [1.165, 1.54) is 6.20 Å². The molecule has 9 heteroatoms. The number of ether oxygens (including phenoxy) is 1. The fourth-order valence-corrected chi connectivity index (χ4v) is 3.83. The van der Waals surface area contributed by atoms with Gasteiger partial charge in [-0.3, -0.25) is 4.79 Å². The number of likely N-dealkylation sites (N-methyl/N-ethyl adjacent to an activating group) is 1. The Morgan fingerprint density at radius 3 is 2.50 bits per heavy atom. The van der Waals surface area contributed by atoms with Crippen LogP contribution in [-0.2, 0) is 5.54 Å². The lowest BCUT2D eigenvalue weighted by atomic mass is 9.99. The lowest BCUT2D eigenvalue weighted by Crippen LogP contribution is -2.45. The number of aromatic nitrogens is 1. The van der Waals surface area contributed by atoms with Crippen LogP contribution in [0.3, 0.4) is 0 Å². The monoisotopic (exact) mass is 393 g/mol. The molecule has 3 heterocycles. The first-order valence-corrected chi connectivity index (χ1v) is 8.92. The zero-order valence-corrected chi connectivity index (χ0v) is 16.1. The van der Waals surface area contributed by atoms with E-state index in [2.05, 4.69) is 4.90 Å². The Kier molecular flexibility index (Phi) is 4.84. The highest BCUT2D eigenvalue weighted by molar-refractivity contribution is 5.97. The van der Waals surface area contributed by atoms with Crippen LogP contribution < -0.4 is 15.1 Å². The van der Waals surface area contributed by atoms with Crippen LogP contribution >= 0.6 is 0 Å². The van der Waals surface area contributed by atoms with Crippen molar-refractivity contribution in [3.05, 3.63) is 33.9 Å². The number of hydrogen-bond donors (Lipinski definition) is 1. The summed E-state index contributed by atoms with van der Waals surface area (Å²) in [6, 6.07) is 1.16. The van der Waals surface area contributed by atoms with Crippen LogP contribution in [0.2, 0.25) is 0 Å². The number of anilines is 1. The molecule has 8 nitrogen and oxygen atoms in total. The Bertz CT molecular complexity index is 1010. The van der Waals surface area contributed by atoms with Gasteiger partial charge < -0.3 is 29.7 Å². The Morgan fingerprint density at radius 2 is 1.89 bits per heavy atom. The summed E-state index contributed by atoms with van der Waals surface area (Å²) in [7, 11) is 2.02. The first-order chi connectivity index (χ1) is 12.7. The molecule has 2 aromatic rings. The molecule has 2 aliphatic heterocycles. The molecule has 1 saturated heterocycles. The maximum atomic E-state index is 15.1. The van der Waals surface area contributed by atoms with Gasteiger partial charge in [-0.15, -0.1) is 0 Å². The van der Waals surface area contributed by atoms with E-state index in [9.17, 15) is 14.7 Å². The molecule has 0 atom stereocenters. The van der Waals surface area contributed by atoms with Gasteiger partial charge in [0.05, 0.1) is 16.4 Å². The maximum Gasteiger partial charge on any atom is 0.341 e. The van der Waals surface area contributed by atoms with Crippen LogP contribution in [0.1, 0.15) is 24.2 Å². The van der Waals surface area contributed by atoms with E-state index < -0.39 is 22.8 Å².